The van der Waals surface area contributed by atoms with Crippen molar-refractivity contribution in [3.63, 3.8) is 0 Å². The topological polar surface area (TPSA) is 58.4 Å². The first-order chi connectivity index (χ1) is 9.24. The summed E-state index contributed by atoms with van der Waals surface area (Å²) in [6.07, 6.45) is 3.91. The summed E-state index contributed by atoms with van der Waals surface area (Å²) in [6.45, 7) is 2.16. The van der Waals surface area contributed by atoms with E-state index < -0.39 is 0 Å². The predicted octanol–water partition coefficient (Wildman–Crippen LogP) is 1.57. The number of hydrogen-bond donors (Lipinski definition) is 2. The summed E-state index contributed by atoms with van der Waals surface area (Å²) in [6, 6.07) is 8.38. The number of carbonyl (C=O) groups excluding carboxylic acids is 1. The Morgan fingerprint density at radius 3 is 2.68 bits per heavy atom. The van der Waals surface area contributed by atoms with E-state index in [9.17, 15) is 4.79 Å². The third kappa shape index (κ3) is 2.80. The van der Waals surface area contributed by atoms with E-state index in [0.717, 1.165) is 23.7 Å². The summed E-state index contributed by atoms with van der Waals surface area (Å²) in [5, 5.41) is 2.96. The lowest BCUT2D eigenvalue weighted by Gasteiger charge is -2.25. The Labute approximate surface area is 114 Å². The Balaban J connectivity index is 1.53. The molecule has 1 aliphatic carbocycles. The molecule has 1 saturated carbocycles. The second kappa shape index (κ2) is 5.31. The van der Waals surface area contributed by atoms with Crippen LogP contribution in [0.1, 0.15) is 24.8 Å². The number of piperidine rings is 1. The summed E-state index contributed by atoms with van der Waals surface area (Å²) < 4.78 is 0. The summed E-state index contributed by atoms with van der Waals surface area (Å²) in [4.78, 5) is 14.4. The highest BCUT2D eigenvalue weighted by Crippen LogP contribution is 2.36. The molecule has 2 bridgehead atoms. The molecule has 3 rings (SSSR count). The van der Waals surface area contributed by atoms with Crippen LogP contribution in [0.3, 0.4) is 0 Å². The van der Waals surface area contributed by atoms with Crippen LogP contribution in [0.25, 0.3) is 0 Å². The fraction of sp³-hybridized carbons (Fsp3) is 0.533. The molecule has 2 fully saturated rings. The lowest BCUT2D eigenvalue weighted by molar-refractivity contribution is -0.117. The van der Waals surface area contributed by atoms with Crippen molar-refractivity contribution in [2.45, 2.75) is 31.8 Å². The van der Waals surface area contributed by atoms with Gasteiger partial charge in [0.1, 0.15) is 0 Å². The molecule has 1 saturated heterocycles. The summed E-state index contributed by atoms with van der Waals surface area (Å²) in [5.74, 6) is 0.926. The number of benzene rings is 1. The molecule has 0 spiro atoms. The number of fused-ring (bicyclic) bond motifs is 2. The quantitative estimate of drug-likeness (QED) is 0.863. The molecule has 0 aromatic heterocycles. The van der Waals surface area contributed by atoms with Crippen molar-refractivity contribution in [1.82, 2.24) is 4.90 Å². The van der Waals surface area contributed by atoms with Crippen LogP contribution in [0.5, 0.6) is 0 Å². The van der Waals surface area contributed by atoms with Crippen LogP contribution in [0.15, 0.2) is 24.3 Å². The Morgan fingerprint density at radius 2 is 2.11 bits per heavy atom. The van der Waals surface area contributed by atoms with Gasteiger partial charge in [0.15, 0.2) is 0 Å². The SMILES string of the molecule is NCc1ccc(NC(=O)CN2CC3CCC2C3)cc1. The van der Waals surface area contributed by atoms with E-state index in [2.05, 4.69) is 10.2 Å². The van der Waals surface area contributed by atoms with Crippen LogP contribution < -0.4 is 11.1 Å². The molecule has 1 aliphatic heterocycles. The molecule has 19 heavy (non-hydrogen) atoms. The van der Waals surface area contributed by atoms with Crippen LogP contribution >= 0.6 is 0 Å². The van der Waals surface area contributed by atoms with Crippen LogP contribution in [0.2, 0.25) is 0 Å². The van der Waals surface area contributed by atoms with Crippen LogP contribution in [-0.4, -0.2) is 29.9 Å². The van der Waals surface area contributed by atoms with Gasteiger partial charge in [-0.05, 0) is 42.9 Å². The molecular weight excluding hydrogens is 238 g/mol. The van der Waals surface area contributed by atoms with Crippen molar-refractivity contribution in [2.24, 2.45) is 11.7 Å². The second-order valence-electron chi connectivity index (χ2n) is 5.71. The number of carbonyl (C=O) groups is 1. The van der Waals surface area contributed by atoms with E-state index in [1.165, 1.54) is 19.3 Å². The van der Waals surface area contributed by atoms with Gasteiger partial charge in [0.05, 0.1) is 6.54 Å². The average Bonchev–Trinajstić information content (AvgIpc) is 3.02. The van der Waals surface area contributed by atoms with Crippen molar-refractivity contribution in [3.8, 4) is 0 Å². The van der Waals surface area contributed by atoms with E-state index in [-0.39, 0.29) is 5.91 Å². The van der Waals surface area contributed by atoms with Crippen molar-refractivity contribution < 1.29 is 4.79 Å². The molecule has 102 valence electrons. The van der Waals surface area contributed by atoms with Gasteiger partial charge in [-0.25, -0.2) is 0 Å². The lowest BCUT2D eigenvalue weighted by Crippen LogP contribution is -2.38. The van der Waals surface area contributed by atoms with Crippen molar-refractivity contribution in [3.05, 3.63) is 29.8 Å². The highest BCUT2D eigenvalue weighted by Gasteiger charge is 2.38. The van der Waals surface area contributed by atoms with E-state index in [0.29, 0.717) is 19.1 Å². The van der Waals surface area contributed by atoms with Gasteiger partial charge in [-0.3, -0.25) is 9.69 Å². The number of nitrogens with two attached hydrogens (primary N) is 1. The average molecular weight is 259 g/mol. The monoisotopic (exact) mass is 259 g/mol. The highest BCUT2D eigenvalue weighted by molar-refractivity contribution is 5.92. The molecule has 4 nitrogen and oxygen atoms in total. The van der Waals surface area contributed by atoms with Crippen LogP contribution in [0.4, 0.5) is 5.69 Å². The molecule has 1 aromatic carbocycles. The summed E-state index contributed by atoms with van der Waals surface area (Å²) in [5.41, 5.74) is 7.48. The number of anilines is 1. The third-order valence-electron chi connectivity index (χ3n) is 4.34. The number of likely N-dealkylation sites (tertiary alicyclic amines) is 1. The summed E-state index contributed by atoms with van der Waals surface area (Å²) in [7, 11) is 0. The fourth-order valence-electron chi connectivity index (χ4n) is 3.33. The Kier molecular flexibility index (Phi) is 3.53. The molecule has 0 radical (unpaired) electrons. The van der Waals surface area contributed by atoms with Gasteiger partial charge < -0.3 is 11.1 Å². The maximum Gasteiger partial charge on any atom is 0.238 e. The molecule has 4 heteroatoms. The first-order valence-corrected chi connectivity index (χ1v) is 7.07. The number of nitrogens with one attached hydrogen (secondary N) is 1. The molecule has 2 unspecified atom stereocenters. The zero-order valence-electron chi connectivity index (χ0n) is 11.1. The predicted molar refractivity (Wildman–Crippen MR) is 75.7 cm³/mol. The zero-order valence-corrected chi connectivity index (χ0v) is 11.1. The molecule has 2 atom stereocenters. The van der Waals surface area contributed by atoms with Gasteiger partial charge in [-0.2, -0.15) is 0 Å². The molecular formula is C15H21N3O. The molecule has 1 amide bonds. The number of amides is 1. The Morgan fingerprint density at radius 1 is 1.32 bits per heavy atom. The minimum atomic E-state index is 0.0908. The minimum absolute atomic E-state index is 0.0908. The molecule has 2 aliphatic rings. The largest absolute Gasteiger partial charge is 0.326 e. The van der Waals surface area contributed by atoms with Gasteiger partial charge in [0.25, 0.3) is 0 Å². The molecule has 1 heterocycles. The highest BCUT2D eigenvalue weighted by atomic mass is 16.2. The van der Waals surface area contributed by atoms with Gasteiger partial charge in [0, 0.05) is 24.8 Å². The van der Waals surface area contributed by atoms with Gasteiger partial charge in [0.2, 0.25) is 5.91 Å². The normalized spacial score (nSPS) is 25.7. The van der Waals surface area contributed by atoms with E-state index >= 15 is 0 Å². The number of hydrogen-bond acceptors (Lipinski definition) is 3. The number of nitrogens with zero attached hydrogens (tertiary/aromatic N) is 1. The van der Waals surface area contributed by atoms with E-state index in [1.807, 2.05) is 24.3 Å². The zero-order chi connectivity index (χ0) is 13.2. The van der Waals surface area contributed by atoms with Crippen molar-refractivity contribution in [1.29, 1.82) is 0 Å². The van der Waals surface area contributed by atoms with Gasteiger partial charge >= 0.3 is 0 Å². The Hall–Kier alpha value is -1.39. The standard InChI is InChI=1S/C15H21N3O/c16-8-11-1-4-13(5-2-11)17-15(19)10-18-9-12-3-6-14(18)7-12/h1-2,4-5,12,14H,3,6-10,16H2,(H,17,19). The first-order valence-electron chi connectivity index (χ1n) is 7.07. The van der Waals surface area contributed by atoms with Crippen molar-refractivity contribution in [2.75, 3.05) is 18.4 Å². The van der Waals surface area contributed by atoms with Gasteiger partial charge in [-0.15, -0.1) is 0 Å². The Bertz CT molecular complexity index is 457. The maximum absolute atomic E-state index is 12.0. The molecule has 1 aromatic rings. The number of rotatable bonds is 4. The minimum Gasteiger partial charge on any atom is -0.326 e. The van der Waals surface area contributed by atoms with Gasteiger partial charge in [-0.1, -0.05) is 12.1 Å². The fourth-order valence-corrected chi connectivity index (χ4v) is 3.33. The first kappa shape index (κ1) is 12.6. The third-order valence-corrected chi connectivity index (χ3v) is 4.34. The smallest absolute Gasteiger partial charge is 0.238 e. The summed E-state index contributed by atoms with van der Waals surface area (Å²) >= 11 is 0. The lowest BCUT2D eigenvalue weighted by atomic mass is 10.1. The van der Waals surface area contributed by atoms with Crippen LogP contribution in [-0.2, 0) is 11.3 Å². The molecule has 3 N–H and O–H groups in total. The van der Waals surface area contributed by atoms with Crippen LogP contribution in [0, 0.1) is 5.92 Å². The second-order valence-corrected chi connectivity index (χ2v) is 5.71. The van der Waals surface area contributed by atoms with E-state index in [4.69, 9.17) is 5.73 Å². The van der Waals surface area contributed by atoms with Crippen molar-refractivity contribution >= 4 is 11.6 Å². The van der Waals surface area contributed by atoms with E-state index in [1.54, 1.807) is 0 Å². The maximum atomic E-state index is 12.0.